The summed E-state index contributed by atoms with van der Waals surface area (Å²) >= 11 is 5.81. The number of carbonyl (C=O) groups excluding carboxylic acids is 1. The van der Waals surface area contributed by atoms with Gasteiger partial charge in [-0.25, -0.2) is 13.1 Å². The van der Waals surface area contributed by atoms with Crippen molar-refractivity contribution in [3.8, 4) is 0 Å². The van der Waals surface area contributed by atoms with Gasteiger partial charge in [0.05, 0.1) is 4.90 Å². The first-order chi connectivity index (χ1) is 11.3. The molecule has 0 spiro atoms. The first kappa shape index (κ1) is 19.2. The fourth-order valence-corrected chi connectivity index (χ4v) is 4.41. The molecular formula is C17H25ClN2O3S. The fraction of sp³-hybridized carbons (Fsp3) is 0.588. The number of rotatable bonds is 6. The fourth-order valence-electron chi connectivity index (χ4n) is 3.08. The zero-order valence-corrected chi connectivity index (χ0v) is 15.7. The molecule has 0 heterocycles. The van der Waals surface area contributed by atoms with Crippen LogP contribution < -0.4 is 10.0 Å². The number of hydrogen-bond donors (Lipinski definition) is 2. The highest BCUT2D eigenvalue weighted by molar-refractivity contribution is 7.89. The van der Waals surface area contributed by atoms with Gasteiger partial charge in [0.15, 0.2) is 0 Å². The van der Waals surface area contributed by atoms with E-state index in [0.29, 0.717) is 16.9 Å². The summed E-state index contributed by atoms with van der Waals surface area (Å²) in [5.41, 5.74) is 0. The number of benzene rings is 1. The van der Waals surface area contributed by atoms with Crippen LogP contribution in [-0.2, 0) is 14.8 Å². The average Bonchev–Trinajstić information content (AvgIpc) is 2.52. The minimum Gasteiger partial charge on any atom is -0.353 e. The quantitative estimate of drug-likeness (QED) is 0.806. The molecule has 1 aliphatic rings. The van der Waals surface area contributed by atoms with Crippen molar-refractivity contribution < 1.29 is 13.2 Å². The largest absolute Gasteiger partial charge is 0.353 e. The Morgan fingerprint density at radius 1 is 1.29 bits per heavy atom. The molecule has 24 heavy (non-hydrogen) atoms. The molecule has 1 aromatic carbocycles. The van der Waals surface area contributed by atoms with Gasteiger partial charge in [-0.1, -0.05) is 44.4 Å². The van der Waals surface area contributed by atoms with Gasteiger partial charge in [0, 0.05) is 24.0 Å². The van der Waals surface area contributed by atoms with Gasteiger partial charge in [-0.15, -0.1) is 0 Å². The van der Waals surface area contributed by atoms with Crippen molar-refractivity contribution in [3.63, 3.8) is 0 Å². The number of halogens is 1. The molecule has 5 nitrogen and oxygen atoms in total. The number of nitrogens with one attached hydrogen (secondary N) is 2. The molecule has 2 rings (SSSR count). The molecule has 7 heteroatoms. The molecule has 1 aliphatic carbocycles. The maximum atomic E-state index is 12.1. The Bertz CT molecular complexity index is 678. The molecule has 1 amide bonds. The molecule has 0 saturated heterocycles. The molecule has 0 bridgehead atoms. The Balaban J connectivity index is 1.82. The Morgan fingerprint density at radius 3 is 2.75 bits per heavy atom. The van der Waals surface area contributed by atoms with E-state index in [-0.39, 0.29) is 29.8 Å². The van der Waals surface area contributed by atoms with Crippen molar-refractivity contribution in [2.75, 3.05) is 6.54 Å². The van der Waals surface area contributed by atoms with E-state index in [1.54, 1.807) is 12.1 Å². The number of amides is 1. The van der Waals surface area contributed by atoms with Gasteiger partial charge in [-0.3, -0.25) is 4.79 Å². The molecule has 3 atom stereocenters. The van der Waals surface area contributed by atoms with Crippen molar-refractivity contribution in [2.24, 2.45) is 11.8 Å². The zero-order chi connectivity index (χ0) is 17.7. The summed E-state index contributed by atoms with van der Waals surface area (Å²) in [5.74, 6) is 0.936. The second-order valence-electron chi connectivity index (χ2n) is 6.55. The second-order valence-corrected chi connectivity index (χ2v) is 8.75. The summed E-state index contributed by atoms with van der Waals surface area (Å²) in [6, 6.07) is 6.23. The lowest BCUT2D eigenvalue weighted by atomic mass is 9.78. The lowest BCUT2D eigenvalue weighted by Gasteiger charge is -2.34. The molecule has 2 N–H and O–H groups in total. The zero-order valence-electron chi connectivity index (χ0n) is 14.1. The van der Waals surface area contributed by atoms with E-state index in [2.05, 4.69) is 23.9 Å². The van der Waals surface area contributed by atoms with Crippen LogP contribution in [-0.4, -0.2) is 26.9 Å². The van der Waals surface area contributed by atoms with Crippen molar-refractivity contribution in [3.05, 3.63) is 29.3 Å². The molecule has 1 saturated carbocycles. The normalized spacial score (nSPS) is 24.5. The Labute approximate surface area is 149 Å². The third-order valence-corrected chi connectivity index (χ3v) is 6.50. The highest BCUT2D eigenvalue weighted by Gasteiger charge is 2.28. The summed E-state index contributed by atoms with van der Waals surface area (Å²) in [6.07, 6.45) is 3.44. The van der Waals surface area contributed by atoms with Gasteiger partial charge < -0.3 is 5.32 Å². The van der Waals surface area contributed by atoms with E-state index in [4.69, 9.17) is 11.6 Å². The smallest absolute Gasteiger partial charge is 0.240 e. The van der Waals surface area contributed by atoms with Gasteiger partial charge >= 0.3 is 0 Å². The van der Waals surface area contributed by atoms with Crippen LogP contribution in [0.2, 0.25) is 5.02 Å². The monoisotopic (exact) mass is 372 g/mol. The standard InChI is InChI=1S/C17H25ClN2O3S/c1-12-5-3-8-16(13(12)2)20-17(21)9-10-19-24(22,23)15-7-4-6-14(18)11-15/h4,6-7,11-13,16,19H,3,5,8-10H2,1-2H3,(H,20,21). The highest BCUT2D eigenvalue weighted by Crippen LogP contribution is 2.29. The van der Waals surface area contributed by atoms with E-state index in [0.717, 1.165) is 12.8 Å². The van der Waals surface area contributed by atoms with E-state index >= 15 is 0 Å². The average molecular weight is 373 g/mol. The minimum atomic E-state index is -3.65. The predicted octanol–water partition coefficient (Wildman–Crippen LogP) is 2.95. The molecule has 3 unspecified atom stereocenters. The van der Waals surface area contributed by atoms with E-state index in [9.17, 15) is 13.2 Å². The Morgan fingerprint density at radius 2 is 2.04 bits per heavy atom. The third-order valence-electron chi connectivity index (χ3n) is 4.80. The summed E-state index contributed by atoms with van der Waals surface area (Å²) < 4.78 is 26.7. The van der Waals surface area contributed by atoms with E-state index in [1.165, 1.54) is 18.6 Å². The molecule has 0 radical (unpaired) electrons. The summed E-state index contributed by atoms with van der Waals surface area (Å²) in [5, 5.41) is 3.40. The summed E-state index contributed by atoms with van der Waals surface area (Å²) in [7, 11) is -3.65. The first-order valence-corrected chi connectivity index (χ1v) is 10.2. The molecule has 1 fully saturated rings. The third kappa shape index (κ3) is 5.19. The van der Waals surface area contributed by atoms with E-state index < -0.39 is 10.0 Å². The van der Waals surface area contributed by atoms with Gasteiger partial charge in [0.2, 0.25) is 15.9 Å². The van der Waals surface area contributed by atoms with Crippen LogP contribution in [0.1, 0.15) is 39.5 Å². The topological polar surface area (TPSA) is 75.3 Å². The van der Waals surface area contributed by atoms with Crippen LogP contribution in [0.25, 0.3) is 0 Å². The van der Waals surface area contributed by atoms with Crippen LogP contribution in [0.3, 0.4) is 0 Å². The van der Waals surface area contributed by atoms with E-state index in [1.807, 2.05) is 0 Å². The molecular weight excluding hydrogens is 348 g/mol. The van der Waals surface area contributed by atoms with Crippen LogP contribution in [0.5, 0.6) is 0 Å². The summed E-state index contributed by atoms with van der Waals surface area (Å²) in [6.45, 7) is 4.44. The van der Waals surface area contributed by atoms with Crippen LogP contribution in [0, 0.1) is 11.8 Å². The lowest BCUT2D eigenvalue weighted by molar-refractivity contribution is -0.122. The molecule has 1 aromatic rings. The minimum absolute atomic E-state index is 0.0668. The predicted molar refractivity (Wildman–Crippen MR) is 95.4 cm³/mol. The SMILES string of the molecule is CC1CCCC(NC(=O)CCNS(=O)(=O)c2cccc(Cl)c2)C1C. The van der Waals surface area contributed by atoms with Crippen LogP contribution in [0.4, 0.5) is 0 Å². The molecule has 134 valence electrons. The van der Waals surface area contributed by atoms with Gasteiger partial charge in [-0.2, -0.15) is 0 Å². The van der Waals surface area contributed by atoms with Crippen molar-refractivity contribution in [2.45, 2.75) is 50.5 Å². The van der Waals surface area contributed by atoms with Crippen LogP contribution in [0.15, 0.2) is 29.2 Å². The highest BCUT2D eigenvalue weighted by atomic mass is 35.5. The van der Waals surface area contributed by atoms with Crippen molar-refractivity contribution in [1.29, 1.82) is 0 Å². The lowest BCUT2D eigenvalue weighted by Crippen LogP contribution is -2.44. The van der Waals surface area contributed by atoms with Gasteiger partial charge in [-0.05, 0) is 36.5 Å². The first-order valence-electron chi connectivity index (χ1n) is 8.34. The molecule has 0 aromatic heterocycles. The van der Waals surface area contributed by atoms with Crippen molar-refractivity contribution >= 4 is 27.5 Å². The van der Waals surface area contributed by atoms with Gasteiger partial charge in [0.1, 0.15) is 0 Å². The summed E-state index contributed by atoms with van der Waals surface area (Å²) in [4.78, 5) is 12.2. The number of carbonyl (C=O) groups is 1. The Kier molecular flexibility index (Phi) is 6.66. The second kappa shape index (κ2) is 8.32. The maximum Gasteiger partial charge on any atom is 0.240 e. The molecule has 0 aliphatic heterocycles. The van der Waals surface area contributed by atoms with Crippen molar-refractivity contribution in [1.82, 2.24) is 10.0 Å². The maximum absolute atomic E-state index is 12.1. The van der Waals surface area contributed by atoms with Crippen LogP contribution >= 0.6 is 11.6 Å². The Hall–Kier alpha value is -1.11. The van der Waals surface area contributed by atoms with Gasteiger partial charge in [0.25, 0.3) is 0 Å². The number of sulfonamides is 1. The number of hydrogen-bond acceptors (Lipinski definition) is 3.